The average Bonchev–Trinajstić information content (AvgIpc) is 2.60. The minimum absolute atomic E-state index is 0.213. The van der Waals surface area contributed by atoms with Crippen LogP contribution >= 0.6 is 0 Å². The normalized spacial score (nSPS) is 10.5. The molecule has 0 radical (unpaired) electrons. The lowest BCUT2D eigenvalue weighted by atomic mass is 10.0. The number of rotatable bonds is 5. The van der Waals surface area contributed by atoms with E-state index in [-0.39, 0.29) is 11.1 Å². The number of ether oxygens (including phenoxy) is 1. The maximum absolute atomic E-state index is 14.3. The van der Waals surface area contributed by atoms with Crippen LogP contribution in [0.3, 0.4) is 0 Å². The van der Waals surface area contributed by atoms with Crippen LogP contribution in [0.1, 0.15) is 15.9 Å². The van der Waals surface area contributed by atoms with Gasteiger partial charge in [0, 0.05) is 5.56 Å². The van der Waals surface area contributed by atoms with Gasteiger partial charge in [-0.2, -0.15) is 0 Å². The van der Waals surface area contributed by atoms with Crippen LogP contribution in [0.2, 0.25) is 0 Å². The number of hydrogen-bond donors (Lipinski definition) is 1. The summed E-state index contributed by atoms with van der Waals surface area (Å²) in [4.78, 5) is 11.1. The molecule has 0 aliphatic heterocycles. The second-order valence-corrected chi connectivity index (χ2v) is 5.48. The highest BCUT2D eigenvalue weighted by Gasteiger charge is 2.16. The molecule has 5 heteroatoms. The van der Waals surface area contributed by atoms with Gasteiger partial charge in [0.1, 0.15) is 24.0 Å². The molecular formula is C20H15F2NO2. The number of halogens is 2. The zero-order valence-corrected chi connectivity index (χ0v) is 13.2. The molecule has 2 N–H and O–H groups in total. The topological polar surface area (TPSA) is 52.3 Å². The Morgan fingerprint density at radius 1 is 0.920 bits per heavy atom. The number of hydrogen-bond acceptors (Lipinski definition) is 2. The van der Waals surface area contributed by atoms with Crippen molar-refractivity contribution in [3.8, 4) is 16.9 Å². The fourth-order valence-corrected chi connectivity index (χ4v) is 2.47. The molecule has 25 heavy (non-hydrogen) atoms. The summed E-state index contributed by atoms with van der Waals surface area (Å²) in [6.45, 7) is 0.343. The quantitative estimate of drug-likeness (QED) is 0.753. The first kappa shape index (κ1) is 16.6. The van der Waals surface area contributed by atoms with Crippen molar-refractivity contribution in [2.45, 2.75) is 6.61 Å². The predicted molar refractivity (Wildman–Crippen MR) is 91.1 cm³/mol. The molecule has 0 fully saturated rings. The molecule has 0 aromatic heterocycles. The molecule has 126 valence electrons. The molecule has 0 atom stereocenters. The van der Waals surface area contributed by atoms with Crippen molar-refractivity contribution in [2.24, 2.45) is 5.73 Å². The lowest BCUT2D eigenvalue weighted by Gasteiger charge is -2.10. The Hall–Kier alpha value is -3.21. The van der Waals surface area contributed by atoms with Gasteiger partial charge in [-0.3, -0.25) is 4.79 Å². The second kappa shape index (κ2) is 7.13. The van der Waals surface area contributed by atoms with Crippen molar-refractivity contribution in [3.63, 3.8) is 0 Å². The summed E-state index contributed by atoms with van der Waals surface area (Å²) in [6, 6.07) is 17.9. The molecular weight excluding hydrogens is 324 g/mol. The van der Waals surface area contributed by atoms with Crippen molar-refractivity contribution in [2.75, 3.05) is 0 Å². The van der Waals surface area contributed by atoms with E-state index in [1.807, 2.05) is 30.3 Å². The van der Waals surface area contributed by atoms with E-state index in [1.165, 1.54) is 0 Å². The molecule has 0 saturated carbocycles. The predicted octanol–water partition coefficient (Wildman–Crippen LogP) is 4.31. The van der Waals surface area contributed by atoms with Gasteiger partial charge >= 0.3 is 0 Å². The van der Waals surface area contributed by atoms with E-state index >= 15 is 0 Å². The van der Waals surface area contributed by atoms with Gasteiger partial charge in [-0.25, -0.2) is 8.78 Å². The molecule has 3 nitrogen and oxygen atoms in total. The Kier molecular flexibility index (Phi) is 4.75. The van der Waals surface area contributed by atoms with Crippen LogP contribution in [-0.2, 0) is 6.61 Å². The van der Waals surface area contributed by atoms with Gasteiger partial charge < -0.3 is 10.5 Å². The lowest BCUT2D eigenvalue weighted by molar-refractivity contribution is 0.0999. The van der Waals surface area contributed by atoms with Crippen LogP contribution in [0.5, 0.6) is 5.75 Å². The summed E-state index contributed by atoms with van der Waals surface area (Å²) in [5.74, 6) is -2.11. The Labute approximate surface area is 143 Å². The van der Waals surface area contributed by atoms with Crippen LogP contribution in [0.4, 0.5) is 8.78 Å². The van der Waals surface area contributed by atoms with Crippen LogP contribution in [0.25, 0.3) is 11.1 Å². The van der Waals surface area contributed by atoms with E-state index in [9.17, 15) is 13.6 Å². The van der Waals surface area contributed by atoms with Gasteiger partial charge in [-0.1, -0.05) is 42.5 Å². The molecule has 3 rings (SSSR count). The number of amides is 1. The third-order valence-electron chi connectivity index (χ3n) is 3.70. The largest absolute Gasteiger partial charge is 0.489 e. The van der Waals surface area contributed by atoms with Gasteiger partial charge in [0.25, 0.3) is 0 Å². The third-order valence-corrected chi connectivity index (χ3v) is 3.70. The Morgan fingerprint density at radius 3 is 2.24 bits per heavy atom. The van der Waals surface area contributed by atoms with Crippen molar-refractivity contribution >= 4 is 5.91 Å². The van der Waals surface area contributed by atoms with Crippen molar-refractivity contribution in [1.82, 2.24) is 0 Å². The standard InChI is InChI=1S/C20H15F2NO2/c21-17-10-15(20(23)24)11-18(22)19(17)14-7-4-8-16(9-14)25-12-13-5-2-1-3-6-13/h1-11H,12H2,(H2,23,24). The molecule has 3 aromatic carbocycles. The maximum Gasteiger partial charge on any atom is 0.248 e. The summed E-state index contributed by atoms with van der Waals surface area (Å²) < 4.78 is 34.2. The molecule has 1 amide bonds. The number of carbonyl (C=O) groups excluding carboxylic acids is 1. The molecule has 3 aromatic rings. The fraction of sp³-hybridized carbons (Fsp3) is 0.0500. The van der Waals surface area contributed by atoms with E-state index in [1.54, 1.807) is 24.3 Å². The average molecular weight is 339 g/mol. The second-order valence-electron chi connectivity index (χ2n) is 5.48. The third kappa shape index (κ3) is 3.83. The highest BCUT2D eigenvalue weighted by atomic mass is 19.1. The van der Waals surface area contributed by atoms with Crippen LogP contribution < -0.4 is 10.5 Å². The van der Waals surface area contributed by atoms with Gasteiger partial charge in [0.2, 0.25) is 5.91 Å². The highest BCUT2D eigenvalue weighted by molar-refractivity contribution is 5.93. The first-order chi connectivity index (χ1) is 12.0. The molecule has 0 aliphatic carbocycles. The van der Waals surface area contributed by atoms with Crippen molar-refractivity contribution in [3.05, 3.63) is 89.5 Å². The molecule has 0 unspecified atom stereocenters. The minimum Gasteiger partial charge on any atom is -0.489 e. The zero-order chi connectivity index (χ0) is 17.8. The summed E-state index contributed by atoms with van der Waals surface area (Å²) in [6.07, 6.45) is 0. The Bertz CT molecular complexity index is 888. The minimum atomic E-state index is -0.885. The van der Waals surface area contributed by atoms with E-state index in [2.05, 4.69) is 0 Å². The van der Waals surface area contributed by atoms with E-state index in [0.717, 1.165) is 17.7 Å². The van der Waals surface area contributed by atoms with Gasteiger partial charge in [-0.05, 0) is 35.4 Å². The van der Waals surface area contributed by atoms with Crippen LogP contribution in [0.15, 0.2) is 66.7 Å². The molecule has 0 bridgehead atoms. The number of benzene rings is 3. The molecule has 0 aliphatic rings. The fourth-order valence-electron chi connectivity index (χ4n) is 2.47. The first-order valence-electron chi connectivity index (χ1n) is 7.60. The smallest absolute Gasteiger partial charge is 0.248 e. The van der Waals surface area contributed by atoms with Gasteiger partial charge in [-0.15, -0.1) is 0 Å². The van der Waals surface area contributed by atoms with Crippen molar-refractivity contribution in [1.29, 1.82) is 0 Å². The summed E-state index contributed by atoms with van der Waals surface area (Å²) in [5, 5.41) is 0. The van der Waals surface area contributed by atoms with E-state index < -0.39 is 17.5 Å². The molecule has 0 heterocycles. The summed E-state index contributed by atoms with van der Waals surface area (Å²) >= 11 is 0. The van der Waals surface area contributed by atoms with Gasteiger partial charge in [0.05, 0.1) is 5.56 Å². The Balaban J connectivity index is 1.88. The zero-order valence-electron chi connectivity index (χ0n) is 13.2. The summed E-state index contributed by atoms with van der Waals surface area (Å²) in [7, 11) is 0. The molecule has 0 spiro atoms. The van der Waals surface area contributed by atoms with Crippen molar-refractivity contribution < 1.29 is 18.3 Å². The monoisotopic (exact) mass is 339 g/mol. The number of primary amides is 1. The van der Waals surface area contributed by atoms with Crippen LogP contribution in [-0.4, -0.2) is 5.91 Å². The number of nitrogens with two attached hydrogens (primary N) is 1. The van der Waals surface area contributed by atoms with E-state index in [4.69, 9.17) is 10.5 Å². The first-order valence-corrected chi connectivity index (χ1v) is 7.60. The highest BCUT2D eigenvalue weighted by Crippen LogP contribution is 2.30. The van der Waals surface area contributed by atoms with E-state index in [0.29, 0.717) is 17.9 Å². The summed E-state index contributed by atoms with van der Waals surface area (Å²) in [5.41, 5.74) is 5.93. The lowest BCUT2D eigenvalue weighted by Crippen LogP contribution is -2.12. The Morgan fingerprint density at radius 2 is 1.60 bits per heavy atom. The SMILES string of the molecule is NC(=O)c1cc(F)c(-c2cccc(OCc3ccccc3)c2)c(F)c1. The maximum atomic E-state index is 14.3. The molecule has 0 saturated heterocycles. The van der Waals surface area contributed by atoms with Gasteiger partial charge in [0.15, 0.2) is 0 Å². The number of carbonyl (C=O) groups is 1. The van der Waals surface area contributed by atoms with Crippen LogP contribution in [0, 0.1) is 11.6 Å².